The summed E-state index contributed by atoms with van der Waals surface area (Å²) in [6.07, 6.45) is 1.43. The summed E-state index contributed by atoms with van der Waals surface area (Å²) in [7, 11) is 3.48. The molecule has 72 valence electrons. The van der Waals surface area contributed by atoms with E-state index in [0.717, 1.165) is 12.4 Å². The Bertz CT molecular complexity index is 289. The molecule has 5 heteroatoms. The first kappa shape index (κ1) is 9.57. The van der Waals surface area contributed by atoms with E-state index in [1.54, 1.807) is 7.11 Å². The lowest BCUT2D eigenvalue weighted by Crippen LogP contribution is -2.18. The van der Waals surface area contributed by atoms with E-state index in [1.807, 2.05) is 18.9 Å². The van der Waals surface area contributed by atoms with E-state index in [4.69, 9.17) is 10.5 Å². The second-order valence-corrected chi connectivity index (χ2v) is 2.63. The van der Waals surface area contributed by atoms with Gasteiger partial charge >= 0.3 is 0 Å². The Hall–Kier alpha value is -1.52. The Morgan fingerprint density at radius 1 is 1.54 bits per heavy atom. The van der Waals surface area contributed by atoms with Crippen molar-refractivity contribution in [1.82, 2.24) is 9.97 Å². The quantitative estimate of drug-likeness (QED) is 0.738. The van der Waals surface area contributed by atoms with Crippen molar-refractivity contribution in [3.8, 4) is 5.75 Å². The van der Waals surface area contributed by atoms with Crippen molar-refractivity contribution >= 4 is 11.6 Å². The lowest BCUT2D eigenvalue weighted by molar-refractivity contribution is 0.413. The number of methoxy groups -OCH3 is 1. The molecule has 0 fully saturated rings. The van der Waals surface area contributed by atoms with Gasteiger partial charge in [0.15, 0.2) is 11.6 Å². The van der Waals surface area contributed by atoms with Gasteiger partial charge in [-0.05, 0) is 6.92 Å². The van der Waals surface area contributed by atoms with Crippen LogP contribution in [0.4, 0.5) is 11.6 Å². The minimum Gasteiger partial charge on any atom is -0.490 e. The maximum Gasteiger partial charge on any atom is 0.204 e. The highest BCUT2D eigenvalue weighted by Gasteiger charge is 2.11. The van der Waals surface area contributed by atoms with Crippen LogP contribution in [0.1, 0.15) is 6.92 Å². The number of anilines is 2. The number of rotatable bonds is 3. The molecule has 0 saturated heterocycles. The fourth-order valence-corrected chi connectivity index (χ4v) is 0.995. The molecule has 0 spiro atoms. The number of nitrogens with two attached hydrogens (primary N) is 1. The highest BCUT2D eigenvalue weighted by atomic mass is 16.5. The van der Waals surface area contributed by atoms with E-state index in [2.05, 4.69) is 9.97 Å². The smallest absolute Gasteiger partial charge is 0.204 e. The highest BCUT2D eigenvalue weighted by Crippen LogP contribution is 2.28. The minimum atomic E-state index is 0.368. The van der Waals surface area contributed by atoms with Crippen LogP contribution in [0.25, 0.3) is 0 Å². The molecule has 0 aliphatic heterocycles. The van der Waals surface area contributed by atoms with E-state index < -0.39 is 0 Å². The van der Waals surface area contributed by atoms with Gasteiger partial charge in [0, 0.05) is 13.6 Å². The van der Waals surface area contributed by atoms with Crippen molar-refractivity contribution < 1.29 is 4.74 Å². The van der Waals surface area contributed by atoms with Crippen LogP contribution in [0.15, 0.2) is 6.33 Å². The van der Waals surface area contributed by atoms with Gasteiger partial charge in [0.05, 0.1) is 7.11 Å². The van der Waals surface area contributed by atoms with Crippen LogP contribution in [0.5, 0.6) is 5.75 Å². The van der Waals surface area contributed by atoms with Gasteiger partial charge in [-0.1, -0.05) is 0 Å². The molecule has 0 bridgehead atoms. The monoisotopic (exact) mass is 182 g/mol. The zero-order valence-electron chi connectivity index (χ0n) is 8.11. The van der Waals surface area contributed by atoms with Crippen molar-refractivity contribution in [1.29, 1.82) is 0 Å². The number of nitrogens with zero attached hydrogens (tertiary/aromatic N) is 3. The fourth-order valence-electron chi connectivity index (χ4n) is 0.995. The summed E-state index contributed by atoms with van der Waals surface area (Å²) in [5.74, 6) is 1.62. The topological polar surface area (TPSA) is 64.3 Å². The lowest BCUT2D eigenvalue weighted by Gasteiger charge is -2.18. The first-order valence-electron chi connectivity index (χ1n) is 4.06. The van der Waals surface area contributed by atoms with Gasteiger partial charge in [0.2, 0.25) is 5.75 Å². The van der Waals surface area contributed by atoms with Crippen molar-refractivity contribution in [2.75, 3.05) is 31.3 Å². The van der Waals surface area contributed by atoms with Crippen molar-refractivity contribution in [3.05, 3.63) is 6.33 Å². The number of nitrogen functional groups attached to an aromatic ring is 1. The van der Waals surface area contributed by atoms with Gasteiger partial charge in [-0.2, -0.15) is 0 Å². The van der Waals surface area contributed by atoms with Gasteiger partial charge in [0.1, 0.15) is 6.33 Å². The highest BCUT2D eigenvalue weighted by molar-refractivity contribution is 5.62. The van der Waals surface area contributed by atoms with Crippen LogP contribution in [-0.4, -0.2) is 30.7 Å². The third-order valence-electron chi connectivity index (χ3n) is 1.85. The van der Waals surface area contributed by atoms with Gasteiger partial charge in [-0.15, -0.1) is 0 Å². The molecule has 0 aliphatic rings. The molecule has 0 unspecified atom stereocenters. The predicted octanol–water partition coefficient (Wildman–Crippen LogP) is 0.523. The molecule has 1 aromatic rings. The number of ether oxygens (including phenoxy) is 1. The standard InChI is InChI=1S/C8H14N4O/c1-4-12(2)8-6(13-3)7(9)10-5-11-8/h5H,4H2,1-3H3,(H2,9,10,11). The minimum absolute atomic E-state index is 0.368. The predicted molar refractivity (Wildman–Crippen MR) is 51.9 cm³/mol. The maximum atomic E-state index is 5.62. The van der Waals surface area contributed by atoms with Crippen LogP contribution in [0.2, 0.25) is 0 Å². The maximum absolute atomic E-state index is 5.62. The van der Waals surface area contributed by atoms with E-state index in [9.17, 15) is 0 Å². The van der Waals surface area contributed by atoms with E-state index in [0.29, 0.717) is 11.6 Å². The van der Waals surface area contributed by atoms with E-state index in [-0.39, 0.29) is 0 Å². The summed E-state index contributed by atoms with van der Waals surface area (Å²) in [4.78, 5) is 9.87. The van der Waals surface area contributed by atoms with Crippen LogP contribution < -0.4 is 15.4 Å². The molecular weight excluding hydrogens is 168 g/mol. The van der Waals surface area contributed by atoms with Gasteiger partial charge in [-0.25, -0.2) is 9.97 Å². The SMILES string of the molecule is CCN(C)c1ncnc(N)c1OC. The molecule has 1 heterocycles. The molecule has 0 aliphatic carbocycles. The van der Waals surface area contributed by atoms with E-state index >= 15 is 0 Å². The average molecular weight is 182 g/mol. The first-order valence-corrected chi connectivity index (χ1v) is 4.06. The summed E-state index contributed by atoms with van der Waals surface area (Å²) in [6, 6.07) is 0. The third kappa shape index (κ3) is 1.80. The molecule has 13 heavy (non-hydrogen) atoms. The van der Waals surface area contributed by atoms with Crippen molar-refractivity contribution in [3.63, 3.8) is 0 Å². The summed E-state index contributed by atoms with van der Waals surface area (Å²) in [5, 5.41) is 0. The number of hydrogen-bond donors (Lipinski definition) is 1. The van der Waals surface area contributed by atoms with Crippen LogP contribution in [0, 0.1) is 0 Å². The Kier molecular flexibility index (Phi) is 2.89. The first-order chi connectivity index (χ1) is 6.20. The third-order valence-corrected chi connectivity index (χ3v) is 1.85. The van der Waals surface area contributed by atoms with Crippen LogP contribution in [-0.2, 0) is 0 Å². The Labute approximate surface area is 77.5 Å². The molecule has 5 nitrogen and oxygen atoms in total. The fraction of sp³-hybridized carbons (Fsp3) is 0.500. The lowest BCUT2D eigenvalue weighted by atomic mass is 10.4. The van der Waals surface area contributed by atoms with Gasteiger partial charge < -0.3 is 15.4 Å². The van der Waals surface area contributed by atoms with Crippen molar-refractivity contribution in [2.45, 2.75) is 6.92 Å². The Balaban J connectivity index is 3.12. The molecule has 0 aromatic carbocycles. The number of hydrogen-bond acceptors (Lipinski definition) is 5. The van der Waals surface area contributed by atoms with E-state index in [1.165, 1.54) is 6.33 Å². The molecule has 0 atom stereocenters. The van der Waals surface area contributed by atoms with Gasteiger partial charge in [-0.3, -0.25) is 0 Å². The summed E-state index contributed by atoms with van der Waals surface area (Å²) >= 11 is 0. The van der Waals surface area contributed by atoms with Crippen LogP contribution in [0.3, 0.4) is 0 Å². The molecule has 1 rings (SSSR count). The summed E-state index contributed by atoms with van der Waals surface area (Å²) in [5.41, 5.74) is 5.62. The molecule has 2 N–H and O–H groups in total. The largest absolute Gasteiger partial charge is 0.490 e. The van der Waals surface area contributed by atoms with Crippen molar-refractivity contribution in [2.24, 2.45) is 0 Å². The molecule has 0 amide bonds. The molecule has 0 radical (unpaired) electrons. The zero-order valence-corrected chi connectivity index (χ0v) is 8.11. The number of aromatic nitrogens is 2. The summed E-state index contributed by atoms with van der Waals surface area (Å²) in [6.45, 7) is 2.87. The average Bonchev–Trinajstić information content (AvgIpc) is 2.16. The normalized spacial score (nSPS) is 9.77. The second kappa shape index (κ2) is 3.93. The van der Waals surface area contributed by atoms with Gasteiger partial charge in [0.25, 0.3) is 0 Å². The molecule has 0 saturated carbocycles. The Morgan fingerprint density at radius 2 is 2.23 bits per heavy atom. The Morgan fingerprint density at radius 3 is 2.77 bits per heavy atom. The van der Waals surface area contributed by atoms with Crippen LogP contribution >= 0.6 is 0 Å². The molecular formula is C8H14N4O. The second-order valence-electron chi connectivity index (χ2n) is 2.63. The summed E-state index contributed by atoms with van der Waals surface area (Å²) < 4.78 is 5.11. The zero-order chi connectivity index (χ0) is 9.84. The molecule has 1 aromatic heterocycles.